The summed E-state index contributed by atoms with van der Waals surface area (Å²) in [5.74, 6) is 0. The molecular weight excluding hydrogens is 368 g/mol. The summed E-state index contributed by atoms with van der Waals surface area (Å²) >= 11 is 0. The molecule has 10 heteroatoms. The largest absolute Gasteiger partial charge is 0.362 e. The normalized spacial score (nSPS) is 13.9. The molecule has 0 amide bonds. The van der Waals surface area contributed by atoms with Gasteiger partial charge in [-0.05, 0) is 24.3 Å². The highest BCUT2D eigenvalue weighted by Crippen LogP contribution is 2.33. The molecule has 0 radical (unpaired) electrons. The molecule has 1 aliphatic rings. The van der Waals surface area contributed by atoms with Crippen LogP contribution in [-0.4, -0.2) is 48.6 Å². The fourth-order valence-electron chi connectivity index (χ4n) is 3.24. The van der Waals surface area contributed by atoms with E-state index in [1.165, 1.54) is 24.3 Å². The molecule has 1 saturated heterocycles. The number of carbonyl (C=O) groups excluding carboxylic acids is 2. The second-order valence-electron chi connectivity index (χ2n) is 6.22. The van der Waals surface area contributed by atoms with Crippen molar-refractivity contribution in [3.63, 3.8) is 0 Å². The minimum atomic E-state index is -0.530. The summed E-state index contributed by atoms with van der Waals surface area (Å²) in [6.45, 7) is 1.64. The monoisotopic (exact) mass is 384 g/mol. The standard InChI is InChI=1S/C18H16N4O6/c23-11-13-1-3-15(17(9-13)21(25)26)19-5-7-20(8-6-19)16-4-2-14(12-24)10-18(16)22(27)28/h1-4,9-12H,5-8H2. The summed E-state index contributed by atoms with van der Waals surface area (Å²) in [5, 5.41) is 22.7. The van der Waals surface area contributed by atoms with E-state index in [4.69, 9.17) is 0 Å². The number of carbonyl (C=O) groups is 2. The van der Waals surface area contributed by atoms with Crippen molar-refractivity contribution in [1.29, 1.82) is 0 Å². The third-order valence-electron chi connectivity index (χ3n) is 4.63. The quantitative estimate of drug-likeness (QED) is 0.422. The second kappa shape index (κ2) is 7.82. The van der Waals surface area contributed by atoms with Gasteiger partial charge in [-0.15, -0.1) is 0 Å². The van der Waals surface area contributed by atoms with Gasteiger partial charge in [-0.1, -0.05) is 0 Å². The zero-order chi connectivity index (χ0) is 20.3. The Bertz CT molecular complexity index is 876. The lowest BCUT2D eigenvalue weighted by atomic mass is 10.1. The van der Waals surface area contributed by atoms with Crippen molar-refractivity contribution in [1.82, 2.24) is 0 Å². The predicted octanol–water partition coefficient (Wildman–Crippen LogP) is 2.45. The summed E-state index contributed by atoms with van der Waals surface area (Å²) in [4.78, 5) is 47.0. The number of nitro benzene ring substituents is 2. The van der Waals surface area contributed by atoms with Crippen LogP contribution >= 0.6 is 0 Å². The van der Waals surface area contributed by atoms with Gasteiger partial charge in [-0.2, -0.15) is 0 Å². The van der Waals surface area contributed by atoms with Crippen LogP contribution in [0, 0.1) is 20.2 Å². The highest BCUT2D eigenvalue weighted by atomic mass is 16.6. The molecule has 0 aromatic heterocycles. The summed E-state index contributed by atoms with van der Waals surface area (Å²) < 4.78 is 0. The Balaban J connectivity index is 1.82. The maximum atomic E-state index is 11.3. The van der Waals surface area contributed by atoms with Crippen molar-refractivity contribution in [2.24, 2.45) is 0 Å². The first-order valence-corrected chi connectivity index (χ1v) is 8.41. The van der Waals surface area contributed by atoms with Crippen LogP contribution in [0.15, 0.2) is 36.4 Å². The van der Waals surface area contributed by atoms with Crippen molar-refractivity contribution < 1.29 is 19.4 Å². The molecule has 2 aromatic rings. The molecule has 0 unspecified atom stereocenters. The minimum absolute atomic E-state index is 0.153. The van der Waals surface area contributed by atoms with Crippen LogP contribution in [0.2, 0.25) is 0 Å². The Kier molecular flexibility index (Phi) is 5.30. The van der Waals surface area contributed by atoms with Crippen molar-refractivity contribution in [2.75, 3.05) is 36.0 Å². The van der Waals surface area contributed by atoms with Crippen LogP contribution < -0.4 is 9.80 Å². The van der Waals surface area contributed by atoms with Crippen molar-refractivity contribution in [2.45, 2.75) is 0 Å². The Hall–Kier alpha value is -3.82. The van der Waals surface area contributed by atoms with E-state index in [1.54, 1.807) is 12.1 Å². The summed E-state index contributed by atoms with van der Waals surface area (Å²) in [7, 11) is 0. The van der Waals surface area contributed by atoms with Crippen LogP contribution in [0.4, 0.5) is 22.7 Å². The number of nitrogens with zero attached hydrogens (tertiary/aromatic N) is 4. The number of benzene rings is 2. The predicted molar refractivity (Wildman–Crippen MR) is 101 cm³/mol. The molecule has 2 aromatic carbocycles. The molecule has 0 N–H and O–H groups in total. The highest BCUT2D eigenvalue weighted by Gasteiger charge is 2.27. The van der Waals surface area contributed by atoms with E-state index in [2.05, 4.69) is 0 Å². The Morgan fingerprint density at radius 3 is 1.36 bits per heavy atom. The van der Waals surface area contributed by atoms with Gasteiger partial charge >= 0.3 is 0 Å². The molecule has 0 atom stereocenters. The molecule has 0 saturated carbocycles. The fourth-order valence-corrected chi connectivity index (χ4v) is 3.24. The zero-order valence-corrected chi connectivity index (χ0v) is 14.7. The first-order chi connectivity index (χ1) is 13.4. The third-order valence-corrected chi connectivity index (χ3v) is 4.63. The molecule has 0 aliphatic carbocycles. The van der Waals surface area contributed by atoms with E-state index in [-0.39, 0.29) is 22.5 Å². The summed E-state index contributed by atoms with van der Waals surface area (Å²) in [6, 6.07) is 8.59. The van der Waals surface area contributed by atoms with Crippen LogP contribution in [0.5, 0.6) is 0 Å². The lowest BCUT2D eigenvalue weighted by Crippen LogP contribution is -2.46. The Labute approximate surface area is 159 Å². The molecule has 1 fully saturated rings. The van der Waals surface area contributed by atoms with Gasteiger partial charge in [0, 0.05) is 49.4 Å². The van der Waals surface area contributed by atoms with Gasteiger partial charge in [-0.3, -0.25) is 29.8 Å². The van der Waals surface area contributed by atoms with E-state index in [0.29, 0.717) is 50.1 Å². The molecule has 28 heavy (non-hydrogen) atoms. The Morgan fingerprint density at radius 1 is 0.714 bits per heavy atom. The minimum Gasteiger partial charge on any atom is -0.362 e. The number of nitro groups is 2. The first kappa shape index (κ1) is 19.0. The molecule has 0 bridgehead atoms. The zero-order valence-electron chi connectivity index (χ0n) is 14.7. The van der Waals surface area contributed by atoms with Crippen LogP contribution in [0.25, 0.3) is 0 Å². The summed E-state index contributed by atoms with van der Waals surface area (Å²) in [5.41, 5.74) is 0.945. The molecule has 3 rings (SSSR count). The number of hydrogen-bond acceptors (Lipinski definition) is 8. The molecule has 144 valence electrons. The SMILES string of the molecule is O=Cc1ccc(N2CCN(c3ccc(C=O)cc3[N+](=O)[O-])CC2)c([N+](=O)[O-])c1. The van der Waals surface area contributed by atoms with E-state index >= 15 is 0 Å². The number of aldehydes is 2. The molecular formula is C18H16N4O6. The van der Waals surface area contributed by atoms with E-state index < -0.39 is 9.85 Å². The highest BCUT2D eigenvalue weighted by molar-refractivity contribution is 5.81. The van der Waals surface area contributed by atoms with Crippen LogP contribution in [-0.2, 0) is 0 Å². The van der Waals surface area contributed by atoms with E-state index in [0.717, 1.165) is 0 Å². The van der Waals surface area contributed by atoms with Gasteiger partial charge in [0.15, 0.2) is 0 Å². The van der Waals surface area contributed by atoms with E-state index in [9.17, 15) is 29.8 Å². The first-order valence-electron chi connectivity index (χ1n) is 8.41. The van der Waals surface area contributed by atoms with Crippen molar-refractivity contribution >= 4 is 35.3 Å². The molecule has 1 aliphatic heterocycles. The van der Waals surface area contributed by atoms with Crippen LogP contribution in [0.1, 0.15) is 20.7 Å². The topological polar surface area (TPSA) is 127 Å². The average molecular weight is 384 g/mol. The number of anilines is 2. The molecule has 0 spiro atoms. The average Bonchev–Trinajstić information content (AvgIpc) is 2.72. The Morgan fingerprint density at radius 2 is 1.07 bits per heavy atom. The fraction of sp³-hybridized carbons (Fsp3) is 0.222. The van der Waals surface area contributed by atoms with E-state index in [1.807, 2.05) is 9.80 Å². The van der Waals surface area contributed by atoms with Gasteiger partial charge in [0.1, 0.15) is 23.9 Å². The molecule has 1 heterocycles. The van der Waals surface area contributed by atoms with Gasteiger partial charge in [-0.25, -0.2) is 0 Å². The number of rotatable bonds is 6. The van der Waals surface area contributed by atoms with Gasteiger partial charge in [0.05, 0.1) is 9.85 Å². The summed E-state index contributed by atoms with van der Waals surface area (Å²) in [6.07, 6.45) is 1.10. The van der Waals surface area contributed by atoms with Gasteiger partial charge < -0.3 is 9.80 Å². The lowest BCUT2D eigenvalue weighted by molar-refractivity contribution is -0.384. The number of hydrogen-bond donors (Lipinski definition) is 0. The third kappa shape index (κ3) is 3.65. The smallest absolute Gasteiger partial charge is 0.293 e. The number of piperazine rings is 1. The van der Waals surface area contributed by atoms with Gasteiger partial charge in [0.2, 0.25) is 0 Å². The lowest BCUT2D eigenvalue weighted by Gasteiger charge is -2.36. The maximum Gasteiger partial charge on any atom is 0.293 e. The van der Waals surface area contributed by atoms with Crippen molar-refractivity contribution in [3.05, 3.63) is 67.8 Å². The molecule has 10 nitrogen and oxygen atoms in total. The van der Waals surface area contributed by atoms with Gasteiger partial charge in [0.25, 0.3) is 11.4 Å². The maximum absolute atomic E-state index is 11.3. The van der Waals surface area contributed by atoms with Crippen molar-refractivity contribution in [3.8, 4) is 0 Å². The van der Waals surface area contributed by atoms with Crippen LogP contribution in [0.3, 0.4) is 0 Å². The second-order valence-corrected chi connectivity index (χ2v) is 6.22.